The van der Waals surface area contributed by atoms with Gasteiger partial charge in [-0.2, -0.15) is 5.26 Å². The number of halogens is 1. The van der Waals surface area contributed by atoms with Crippen molar-refractivity contribution in [1.82, 2.24) is 4.98 Å². The fraction of sp³-hybridized carbons (Fsp3) is 0. The summed E-state index contributed by atoms with van der Waals surface area (Å²) in [5.74, 6) is -0.263. The standard InChI is InChI=1S/C27H17FN4O2/c28-18-9-5-16(6-10-18)21-13-23(32-27(30)22(21)15-29)17-7-11-19(12-8-17)31-24-14-26(33)34-25-4-2-1-3-20(24)25/h1-14,31H,(H2,30,32). The molecule has 0 unspecified atom stereocenters. The minimum absolute atomic E-state index is 0.101. The topological polar surface area (TPSA) is 105 Å². The zero-order valence-corrected chi connectivity index (χ0v) is 17.7. The molecule has 5 aromatic rings. The van der Waals surface area contributed by atoms with Crippen molar-refractivity contribution >= 4 is 28.2 Å². The van der Waals surface area contributed by atoms with E-state index >= 15 is 0 Å². The number of anilines is 3. The van der Waals surface area contributed by atoms with Crippen molar-refractivity contribution in [2.24, 2.45) is 0 Å². The molecule has 0 aliphatic rings. The number of nitrogens with one attached hydrogen (secondary N) is 1. The van der Waals surface area contributed by atoms with Gasteiger partial charge in [0.2, 0.25) is 0 Å². The first-order valence-electron chi connectivity index (χ1n) is 10.4. The van der Waals surface area contributed by atoms with Crippen LogP contribution in [0.1, 0.15) is 5.56 Å². The highest BCUT2D eigenvalue weighted by atomic mass is 19.1. The Kier molecular flexibility index (Phi) is 5.24. The molecular formula is C27H17FN4O2. The van der Waals surface area contributed by atoms with Gasteiger partial charge in [0.05, 0.1) is 11.4 Å². The van der Waals surface area contributed by atoms with E-state index in [0.717, 1.165) is 16.6 Å². The molecule has 2 aromatic heterocycles. The van der Waals surface area contributed by atoms with Gasteiger partial charge >= 0.3 is 5.63 Å². The Balaban J connectivity index is 1.50. The molecule has 0 amide bonds. The first kappa shape index (κ1) is 20.9. The highest BCUT2D eigenvalue weighted by Gasteiger charge is 2.14. The van der Waals surface area contributed by atoms with E-state index in [2.05, 4.69) is 16.4 Å². The van der Waals surface area contributed by atoms with Crippen LogP contribution in [0.25, 0.3) is 33.4 Å². The maximum atomic E-state index is 13.4. The predicted molar refractivity (Wildman–Crippen MR) is 130 cm³/mol. The van der Waals surface area contributed by atoms with Gasteiger partial charge in [-0.05, 0) is 48.0 Å². The van der Waals surface area contributed by atoms with Crippen molar-refractivity contribution in [2.75, 3.05) is 11.1 Å². The van der Waals surface area contributed by atoms with Gasteiger partial charge < -0.3 is 15.5 Å². The second-order valence-electron chi connectivity index (χ2n) is 7.61. The molecular weight excluding hydrogens is 431 g/mol. The number of nitrogens with zero attached hydrogens (tertiary/aromatic N) is 2. The van der Waals surface area contributed by atoms with E-state index < -0.39 is 5.63 Å². The van der Waals surface area contributed by atoms with Crippen LogP contribution in [0, 0.1) is 17.1 Å². The van der Waals surface area contributed by atoms with Crippen LogP contribution < -0.4 is 16.7 Å². The minimum atomic E-state index is -0.441. The Morgan fingerprint density at radius 2 is 1.65 bits per heavy atom. The van der Waals surface area contributed by atoms with Gasteiger partial charge in [0.15, 0.2) is 0 Å². The summed E-state index contributed by atoms with van der Waals surface area (Å²) in [4.78, 5) is 16.3. The number of fused-ring (bicyclic) bond motifs is 1. The van der Waals surface area contributed by atoms with E-state index in [4.69, 9.17) is 10.2 Å². The molecule has 34 heavy (non-hydrogen) atoms. The summed E-state index contributed by atoms with van der Waals surface area (Å²) in [7, 11) is 0. The van der Waals surface area contributed by atoms with Crippen LogP contribution in [-0.4, -0.2) is 4.98 Å². The Labute approximate surface area is 193 Å². The number of pyridine rings is 1. The smallest absolute Gasteiger partial charge is 0.338 e. The average Bonchev–Trinajstić information content (AvgIpc) is 2.84. The number of benzene rings is 3. The third kappa shape index (κ3) is 3.96. The van der Waals surface area contributed by atoms with E-state index in [1.807, 2.05) is 36.4 Å². The van der Waals surface area contributed by atoms with Crippen molar-refractivity contribution in [3.8, 4) is 28.5 Å². The Bertz CT molecular complexity index is 1620. The fourth-order valence-electron chi connectivity index (χ4n) is 3.78. The van der Waals surface area contributed by atoms with Crippen LogP contribution in [0.2, 0.25) is 0 Å². The average molecular weight is 448 g/mol. The van der Waals surface area contributed by atoms with Crippen LogP contribution in [0.3, 0.4) is 0 Å². The van der Waals surface area contributed by atoms with Gasteiger partial charge in [-0.3, -0.25) is 0 Å². The third-order valence-corrected chi connectivity index (χ3v) is 5.42. The SMILES string of the molecule is N#Cc1c(-c2ccc(F)cc2)cc(-c2ccc(Nc3cc(=O)oc4ccccc34)cc2)nc1N. The number of nitrogen functional groups attached to an aromatic ring is 1. The number of aromatic nitrogens is 1. The van der Waals surface area contributed by atoms with Gasteiger partial charge in [-0.25, -0.2) is 14.2 Å². The molecule has 0 aliphatic heterocycles. The second kappa shape index (κ2) is 8.52. The number of hydrogen-bond donors (Lipinski definition) is 2. The van der Waals surface area contributed by atoms with Crippen molar-refractivity contribution in [3.05, 3.63) is 107 Å². The first-order chi connectivity index (χ1) is 16.5. The summed E-state index contributed by atoms with van der Waals surface area (Å²) in [6.45, 7) is 0. The lowest BCUT2D eigenvalue weighted by molar-refractivity contribution is 0.561. The van der Waals surface area contributed by atoms with Gasteiger partial charge in [-0.1, -0.05) is 36.4 Å². The largest absolute Gasteiger partial charge is 0.423 e. The summed E-state index contributed by atoms with van der Waals surface area (Å²) < 4.78 is 18.6. The van der Waals surface area contributed by atoms with Crippen molar-refractivity contribution in [1.29, 1.82) is 5.26 Å². The normalized spacial score (nSPS) is 10.7. The van der Waals surface area contributed by atoms with Crippen LogP contribution in [-0.2, 0) is 0 Å². The number of hydrogen-bond acceptors (Lipinski definition) is 6. The van der Waals surface area contributed by atoms with Gasteiger partial charge in [0, 0.05) is 28.3 Å². The molecule has 0 spiro atoms. The minimum Gasteiger partial charge on any atom is -0.423 e. The Morgan fingerprint density at radius 1 is 0.941 bits per heavy atom. The van der Waals surface area contributed by atoms with E-state index in [0.29, 0.717) is 28.1 Å². The highest BCUT2D eigenvalue weighted by Crippen LogP contribution is 2.32. The molecule has 0 saturated carbocycles. The summed E-state index contributed by atoms with van der Waals surface area (Å²) in [6, 6.07) is 25.8. The molecule has 0 bridgehead atoms. The third-order valence-electron chi connectivity index (χ3n) is 5.42. The zero-order chi connectivity index (χ0) is 23.7. The number of rotatable bonds is 4. The molecule has 0 aliphatic carbocycles. The summed E-state index contributed by atoms with van der Waals surface area (Å²) >= 11 is 0. The maximum Gasteiger partial charge on any atom is 0.338 e. The molecule has 0 saturated heterocycles. The lowest BCUT2D eigenvalue weighted by Gasteiger charge is -2.12. The van der Waals surface area contributed by atoms with Gasteiger partial charge in [-0.15, -0.1) is 0 Å². The Morgan fingerprint density at radius 3 is 2.38 bits per heavy atom. The van der Waals surface area contributed by atoms with Crippen LogP contribution >= 0.6 is 0 Å². The van der Waals surface area contributed by atoms with E-state index in [9.17, 15) is 14.4 Å². The molecule has 0 fully saturated rings. The quantitative estimate of drug-likeness (QED) is 0.334. The number of nitrogens with two attached hydrogens (primary N) is 1. The number of nitriles is 1. The molecule has 6 nitrogen and oxygen atoms in total. The first-order valence-corrected chi connectivity index (χ1v) is 10.4. The fourth-order valence-corrected chi connectivity index (χ4v) is 3.78. The zero-order valence-electron chi connectivity index (χ0n) is 17.7. The number of para-hydroxylation sites is 1. The molecule has 3 N–H and O–H groups in total. The van der Waals surface area contributed by atoms with E-state index in [1.165, 1.54) is 18.2 Å². The van der Waals surface area contributed by atoms with Crippen LogP contribution in [0.15, 0.2) is 94.1 Å². The van der Waals surface area contributed by atoms with E-state index in [1.54, 1.807) is 30.3 Å². The van der Waals surface area contributed by atoms with Crippen LogP contribution in [0.4, 0.5) is 21.6 Å². The lowest BCUT2D eigenvalue weighted by atomic mass is 9.98. The van der Waals surface area contributed by atoms with Crippen molar-refractivity contribution in [3.63, 3.8) is 0 Å². The molecule has 164 valence electrons. The summed E-state index contributed by atoms with van der Waals surface area (Å²) in [5, 5.41) is 13.6. The summed E-state index contributed by atoms with van der Waals surface area (Å²) in [6.07, 6.45) is 0. The van der Waals surface area contributed by atoms with E-state index in [-0.39, 0.29) is 17.2 Å². The van der Waals surface area contributed by atoms with Gasteiger partial charge in [0.25, 0.3) is 0 Å². The summed E-state index contributed by atoms with van der Waals surface area (Å²) in [5.41, 5.74) is 10.4. The second-order valence-corrected chi connectivity index (χ2v) is 7.61. The van der Waals surface area contributed by atoms with Crippen molar-refractivity contribution < 1.29 is 8.81 Å². The molecule has 7 heteroatoms. The molecule has 2 heterocycles. The van der Waals surface area contributed by atoms with Gasteiger partial charge in [0.1, 0.15) is 28.9 Å². The molecule has 0 atom stereocenters. The molecule has 3 aromatic carbocycles. The Hall–Kier alpha value is -4.96. The predicted octanol–water partition coefficient (Wildman–Crippen LogP) is 5.86. The lowest BCUT2D eigenvalue weighted by Crippen LogP contribution is -2.01. The highest BCUT2D eigenvalue weighted by molar-refractivity contribution is 5.91. The van der Waals surface area contributed by atoms with Crippen LogP contribution in [0.5, 0.6) is 0 Å². The molecule has 5 rings (SSSR count). The maximum absolute atomic E-state index is 13.4. The monoisotopic (exact) mass is 448 g/mol. The van der Waals surface area contributed by atoms with Crippen molar-refractivity contribution in [2.45, 2.75) is 0 Å². The molecule has 0 radical (unpaired) electrons.